The number of para-hydroxylation sites is 5. The van der Waals surface area contributed by atoms with Crippen LogP contribution in [0.25, 0.3) is 21.5 Å². The molecule has 11 nitrogen and oxygen atoms in total. The van der Waals surface area contributed by atoms with Crippen LogP contribution in [-0.4, -0.2) is 31.1 Å². The molecule has 0 spiro atoms. The maximum absolute atomic E-state index is 12.1. The Morgan fingerprint density at radius 3 is 1.15 bits per heavy atom. The van der Waals surface area contributed by atoms with Gasteiger partial charge < -0.3 is 37.0 Å². The highest BCUT2D eigenvalue weighted by Crippen LogP contribution is 2.52. The number of phenols is 1. The summed E-state index contributed by atoms with van der Waals surface area (Å²) in [5.41, 5.74) is 0.789. The number of methoxy groups -OCH3 is 1. The molecule has 7 aromatic rings. The molecule has 0 aliphatic carbocycles. The number of hydrogen-bond donors (Lipinski definition) is 1. The van der Waals surface area contributed by atoms with Crippen LogP contribution in [0.2, 0.25) is 0 Å². The minimum absolute atomic E-state index is 0.175. The molecular weight excluding hydrogens is 742 g/mol. The first kappa shape index (κ1) is 36.7. The van der Waals surface area contributed by atoms with Crippen molar-refractivity contribution in [3.8, 4) is 46.0 Å². The molecule has 55 heavy (non-hydrogen) atoms. The van der Waals surface area contributed by atoms with Crippen molar-refractivity contribution in [1.82, 2.24) is 0 Å². The predicted octanol–water partition coefficient (Wildman–Crippen LogP) is 10.7. The standard InChI is InChI=1S/C42H30O11P2/c1-47-36-20-8-9-21-37(36)51-55(50-35-19-7-4-14-32(35)27-45)53-39-23-11-16-29-24-28-15-10-22-38(40(28)42(46)41(29)39)52-54(48-33-17-5-2-12-30(33)25-43)49-34-18-6-3-13-31(34)26-44/h2-27,46H,1H3. The Bertz CT molecular complexity index is 2450. The molecule has 0 amide bonds. The van der Waals surface area contributed by atoms with Crippen molar-refractivity contribution in [3.05, 3.63) is 156 Å². The summed E-state index contributed by atoms with van der Waals surface area (Å²) in [5, 5.41) is 13.9. The van der Waals surface area contributed by atoms with E-state index < -0.39 is 17.2 Å². The van der Waals surface area contributed by atoms with Crippen LogP contribution in [0.15, 0.2) is 140 Å². The third kappa shape index (κ3) is 8.14. The number of rotatable bonds is 16. The number of carbonyl (C=O) groups excluding carboxylic acids is 3. The van der Waals surface area contributed by atoms with Crippen molar-refractivity contribution in [1.29, 1.82) is 0 Å². The quantitative estimate of drug-likeness (QED) is 0.0571. The number of phenolic OH excluding ortho intramolecular Hbond substituents is 1. The lowest BCUT2D eigenvalue weighted by Gasteiger charge is -2.22. The first-order chi connectivity index (χ1) is 27.0. The molecule has 274 valence electrons. The third-order valence-corrected chi connectivity index (χ3v) is 10.2. The van der Waals surface area contributed by atoms with Gasteiger partial charge in [-0.1, -0.05) is 72.8 Å². The van der Waals surface area contributed by atoms with E-state index in [0.717, 1.165) is 0 Å². The fourth-order valence-electron chi connectivity index (χ4n) is 5.56. The zero-order chi connectivity index (χ0) is 38.1. The second kappa shape index (κ2) is 17.0. The molecule has 1 N–H and O–H groups in total. The Balaban J connectivity index is 1.30. The van der Waals surface area contributed by atoms with Crippen molar-refractivity contribution < 1.29 is 51.4 Å². The minimum atomic E-state index is -2.39. The van der Waals surface area contributed by atoms with Gasteiger partial charge in [-0.25, -0.2) is 0 Å². The summed E-state index contributed by atoms with van der Waals surface area (Å²) >= 11 is 0. The number of aromatic hydroxyl groups is 1. The summed E-state index contributed by atoms with van der Waals surface area (Å²) in [4.78, 5) is 35.6. The Hall–Kier alpha value is -6.67. The number of carbonyl (C=O) groups is 3. The van der Waals surface area contributed by atoms with E-state index in [9.17, 15) is 19.5 Å². The monoisotopic (exact) mass is 772 g/mol. The van der Waals surface area contributed by atoms with E-state index in [2.05, 4.69) is 0 Å². The molecular formula is C42H30O11P2. The van der Waals surface area contributed by atoms with Crippen molar-refractivity contribution in [2.75, 3.05) is 7.11 Å². The maximum Gasteiger partial charge on any atom is 0.530 e. The highest BCUT2D eigenvalue weighted by Gasteiger charge is 2.28. The van der Waals surface area contributed by atoms with Crippen LogP contribution < -0.4 is 31.9 Å². The number of benzene rings is 7. The largest absolute Gasteiger partial charge is 0.530 e. The molecule has 0 aromatic heterocycles. The summed E-state index contributed by atoms with van der Waals surface area (Å²) in [5.74, 6) is 1.53. The van der Waals surface area contributed by atoms with Gasteiger partial charge in [-0.3, -0.25) is 14.4 Å². The SMILES string of the molecule is COc1ccccc1OP(Oc1ccccc1C=O)Oc1cccc2cc3cccc(OP(Oc4ccccc4C=O)Oc4ccccc4C=O)c3c(O)c12. The van der Waals surface area contributed by atoms with Crippen LogP contribution in [0.4, 0.5) is 0 Å². The smallest absolute Gasteiger partial charge is 0.506 e. The Kier molecular flexibility index (Phi) is 11.3. The number of fused-ring (bicyclic) bond motifs is 2. The van der Waals surface area contributed by atoms with E-state index in [4.69, 9.17) is 31.9 Å². The number of hydrogen-bond acceptors (Lipinski definition) is 11. The zero-order valence-corrected chi connectivity index (χ0v) is 30.7. The van der Waals surface area contributed by atoms with Crippen LogP contribution in [0.3, 0.4) is 0 Å². The number of ether oxygens (including phenoxy) is 1. The predicted molar refractivity (Wildman–Crippen MR) is 209 cm³/mol. The van der Waals surface area contributed by atoms with Gasteiger partial charge in [-0.05, 0) is 77.5 Å². The van der Waals surface area contributed by atoms with Crippen LogP contribution in [0.5, 0.6) is 46.0 Å². The molecule has 0 aliphatic rings. The first-order valence-corrected chi connectivity index (χ1v) is 18.8. The van der Waals surface area contributed by atoms with Gasteiger partial charge in [0.15, 0.2) is 30.4 Å². The first-order valence-electron chi connectivity index (χ1n) is 16.6. The summed E-state index contributed by atoms with van der Waals surface area (Å²) in [6, 6.07) is 39.0. The number of aldehydes is 3. The zero-order valence-electron chi connectivity index (χ0n) is 28.9. The van der Waals surface area contributed by atoms with Gasteiger partial charge in [-0.2, -0.15) is 0 Å². The second-order valence-corrected chi connectivity index (χ2v) is 13.5. The molecule has 0 radical (unpaired) electrons. The molecule has 0 aliphatic heterocycles. The molecule has 0 heterocycles. The van der Waals surface area contributed by atoms with E-state index in [1.807, 2.05) is 12.1 Å². The van der Waals surface area contributed by atoms with Gasteiger partial charge in [0.1, 0.15) is 34.5 Å². The highest BCUT2D eigenvalue weighted by molar-refractivity contribution is 7.43. The van der Waals surface area contributed by atoms with E-state index in [1.54, 1.807) is 127 Å². The average molecular weight is 773 g/mol. The molecule has 7 aromatic carbocycles. The molecule has 0 saturated heterocycles. The van der Waals surface area contributed by atoms with Gasteiger partial charge in [-0.15, -0.1) is 0 Å². The van der Waals surface area contributed by atoms with Crippen LogP contribution >= 0.6 is 17.2 Å². The third-order valence-electron chi connectivity index (χ3n) is 8.15. The summed E-state index contributed by atoms with van der Waals surface area (Å²) in [7, 11) is -3.21. The van der Waals surface area contributed by atoms with E-state index in [-0.39, 0.29) is 51.2 Å². The summed E-state index contributed by atoms with van der Waals surface area (Å²) in [6.45, 7) is 0. The molecule has 7 rings (SSSR count). The Labute approximate surface area is 317 Å². The lowest BCUT2D eigenvalue weighted by molar-refractivity contribution is 0.111. The van der Waals surface area contributed by atoms with E-state index >= 15 is 0 Å². The fourth-order valence-corrected chi connectivity index (χ4v) is 7.70. The van der Waals surface area contributed by atoms with Gasteiger partial charge in [0.25, 0.3) is 0 Å². The Morgan fingerprint density at radius 1 is 0.418 bits per heavy atom. The van der Waals surface area contributed by atoms with Gasteiger partial charge in [0, 0.05) is 0 Å². The summed E-state index contributed by atoms with van der Waals surface area (Å²) < 4.78 is 43.0. The molecule has 1 unspecified atom stereocenters. The van der Waals surface area contributed by atoms with E-state index in [0.29, 0.717) is 51.9 Å². The molecule has 13 heteroatoms. The highest BCUT2D eigenvalue weighted by atomic mass is 31.2. The topological polar surface area (TPSA) is 136 Å². The van der Waals surface area contributed by atoms with Crippen molar-refractivity contribution in [2.45, 2.75) is 0 Å². The van der Waals surface area contributed by atoms with Crippen molar-refractivity contribution in [3.63, 3.8) is 0 Å². The normalized spacial score (nSPS) is 11.4. The van der Waals surface area contributed by atoms with Crippen LogP contribution in [0.1, 0.15) is 31.1 Å². The van der Waals surface area contributed by atoms with Crippen molar-refractivity contribution >= 4 is 57.6 Å². The van der Waals surface area contributed by atoms with Gasteiger partial charge in [0.2, 0.25) is 0 Å². The molecule has 0 saturated carbocycles. The van der Waals surface area contributed by atoms with E-state index in [1.165, 1.54) is 7.11 Å². The van der Waals surface area contributed by atoms with Crippen molar-refractivity contribution in [2.24, 2.45) is 0 Å². The lowest BCUT2D eigenvalue weighted by Crippen LogP contribution is -2.05. The average Bonchev–Trinajstić information content (AvgIpc) is 3.21. The summed E-state index contributed by atoms with van der Waals surface area (Å²) in [6.07, 6.45) is 1.96. The van der Waals surface area contributed by atoms with Crippen LogP contribution in [0, 0.1) is 0 Å². The second-order valence-electron chi connectivity index (χ2n) is 11.5. The fraction of sp³-hybridized carbons (Fsp3) is 0.0238. The molecule has 1 atom stereocenters. The van der Waals surface area contributed by atoms with Gasteiger partial charge in [0.05, 0.1) is 34.6 Å². The van der Waals surface area contributed by atoms with Crippen LogP contribution in [-0.2, 0) is 0 Å². The minimum Gasteiger partial charge on any atom is -0.506 e. The van der Waals surface area contributed by atoms with Gasteiger partial charge >= 0.3 is 17.2 Å². The Morgan fingerprint density at radius 2 is 0.745 bits per heavy atom. The lowest BCUT2D eigenvalue weighted by atomic mass is 10.0. The molecule has 0 fully saturated rings. The maximum atomic E-state index is 12.1. The molecule has 0 bridgehead atoms.